The molecule has 1 aromatic heterocycles. The largest absolute Gasteiger partial charge is 0.506 e. The molecule has 0 aliphatic carbocycles. The number of nitrogens with zero attached hydrogens (tertiary/aromatic N) is 6. The van der Waals surface area contributed by atoms with Crippen molar-refractivity contribution in [3.8, 4) is 11.8 Å². The van der Waals surface area contributed by atoms with Crippen molar-refractivity contribution in [2.75, 3.05) is 63.2 Å². The molecule has 2 aliphatic heterocycles. The third kappa shape index (κ3) is 5.60. The highest BCUT2D eigenvalue weighted by molar-refractivity contribution is 6.37. The average molecular weight is 551 g/mol. The summed E-state index contributed by atoms with van der Waals surface area (Å²) in [7, 11) is 4.01. The molecule has 0 radical (unpaired) electrons. The van der Waals surface area contributed by atoms with Crippen LogP contribution < -0.4 is 14.5 Å². The average Bonchev–Trinajstić information content (AvgIpc) is 2.93. The van der Waals surface area contributed by atoms with E-state index in [0.717, 1.165) is 53.0 Å². The van der Waals surface area contributed by atoms with E-state index in [4.69, 9.17) is 26.3 Å². The molecule has 39 heavy (non-hydrogen) atoms. The van der Waals surface area contributed by atoms with Crippen molar-refractivity contribution in [3.05, 3.63) is 59.3 Å². The lowest BCUT2D eigenvalue weighted by atomic mass is 10.0. The molecular weight excluding hydrogens is 516 g/mol. The molecular formula is C29H35ClN6O3. The van der Waals surface area contributed by atoms with Crippen LogP contribution in [0.25, 0.3) is 10.8 Å². The maximum atomic E-state index is 12.1. The Morgan fingerprint density at radius 1 is 1.15 bits per heavy atom. The second-order valence-electron chi connectivity index (χ2n) is 10.4. The SMILES string of the molecule is C=CC(=O)N1CCN(c2nc(OC(C)CN(C)C)nc3c2CCN(c2cc(O)c(Cl)c4ccccc24)C3)CC1. The van der Waals surface area contributed by atoms with Crippen LogP contribution in [0.5, 0.6) is 11.8 Å². The number of hydrogen-bond donors (Lipinski definition) is 1. The zero-order chi connectivity index (χ0) is 27.7. The predicted octanol–water partition coefficient (Wildman–Crippen LogP) is 3.72. The first-order valence-electron chi connectivity index (χ1n) is 13.3. The van der Waals surface area contributed by atoms with E-state index >= 15 is 0 Å². The molecule has 1 atom stereocenters. The molecule has 1 unspecified atom stereocenters. The molecule has 3 heterocycles. The molecule has 9 nitrogen and oxygen atoms in total. The van der Waals surface area contributed by atoms with Gasteiger partial charge in [-0.2, -0.15) is 9.97 Å². The summed E-state index contributed by atoms with van der Waals surface area (Å²) in [5.41, 5.74) is 2.92. The molecule has 5 rings (SSSR count). The first kappa shape index (κ1) is 27.0. The minimum absolute atomic E-state index is 0.0463. The Hall–Kier alpha value is -3.56. The van der Waals surface area contributed by atoms with Crippen LogP contribution >= 0.6 is 11.6 Å². The lowest BCUT2D eigenvalue weighted by Crippen LogP contribution is -2.49. The molecule has 1 saturated heterocycles. The molecule has 0 bridgehead atoms. The summed E-state index contributed by atoms with van der Waals surface area (Å²) in [4.78, 5) is 30.2. The summed E-state index contributed by atoms with van der Waals surface area (Å²) >= 11 is 6.42. The number of fused-ring (bicyclic) bond motifs is 2. The third-order valence-corrected chi connectivity index (χ3v) is 7.69. The minimum atomic E-state index is -0.0928. The molecule has 0 spiro atoms. The van der Waals surface area contributed by atoms with Gasteiger partial charge in [0.15, 0.2) is 0 Å². The maximum Gasteiger partial charge on any atom is 0.318 e. The van der Waals surface area contributed by atoms with Crippen LogP contribution in [0.1, 0.15) is 18.2 Å². The molecule has 0 saturated carbocycles. The van der Waals surface area contributed by atoms with Gasteiger partial charge in [-0.1, -0.05) is 42.4 Å². The van der Waals surface area contributed by atoms with Crippen LogP contribution in [0.4, 0.5) is 11.5 Å². The Labute approximate surface area is 234 Å². The highest BCUT2D eigenvalue weighted by Crippen LogP contribution is 2.41. The van der Waals surface area contributed by atoms with Gasteiger partial charge in [-0.15, -0.1) is 0 Å². The lowest BCUT2D eigenvalue weighted by molar-refractivity contribution is -0.126. The number of carbonyl (C=O) groups excluding carboxylic acids is 1. The van der Waals surface area contributed by atoms with Crippen LogP contribution in [-0.4, -0.2) is 90.2 Å². The van der Waals surface area contributed by atoms with Gasteiger partial charge >= 0.3 is 6.01 Å². The quantitative estimate of drug-likeness (QED) is 0.446. The topological polar surface area (TPSA) is 85.3 Å². The summed E-state index contributed by atoms with van der Waals surface area (Å²) in [6.45, 7) is 10.2. The summed E-state index contributed by atoms with van der Waals surface area (Å²) in [5.74, 6) is 0.893. The molecule has 2 aliphatic rings. The number of benzene rings is 2. The van der Waals surface area contributed by atoms with Crippen LogP contribution in [0, 0.1) is 0 Å². The first-order chi connectivity index (χ1) is 18.7. The van der Waals surface area contributed by atoms with E-state index < -0.39 is 0 Å². The van der Waals surface area contributed by atoms with Gasteiger partial charge in [-0.25, -0.2) is 0 Å². The van der Waals surface area contributed by atoms with E-state index in [2.05, 4.69) is 21.3 Å². The molecule has 3 aromatic rings. The Morgan fingerprint density at radius 2 is 1.87 bits per heavy atom. The number of phenolic OH excluding ortho intramolecular Hbond substituents is 1. The Balaban J connectivity index is 1.49. The second-order valence-corrected chi connectivity index (χ2v) is 10.8. The van der Waals surface area contributed by atoms with E-state index in [9.17, 15) is 9.90 Å². The number of likely N-dealkylation sites (N-methyl/N-ethyl adjacent to an activating group) is 1. The van der Waals surface area contributed by atoms with Gasteiger partial charge in [0, 0.05) is 67.4 Å². The number of rotatable bonds is 7. The zero-order valence-electron chi connectivity index (χ0n) is 22.7. The van der Waals surface area contributed by atoms with Crippen LogP contribution in [-0.2, 0) is 17.8 Å². The van der Waals surface area contributed by atoms with Crippen molar-refractivity contribution in [3.63, 3.8) is 0 Å². The van der Waals surface area contributed by atoms with E-state index in [1.54, 1.807) is 6.07 Å². The lowest BCUT2D eigenvalue weighted by Gasteiger charge is -2.38. The fraction of sp³-hybridized carbons (Fsp3) is 0.414. The third-order valence-electron chi connectivity index (χ3n) is 7.30. The van der Waals surface area contributed by atoms with Crippen LogP contribution in [0.2, 0.25) is 5.02 Å². The molecule has 10 heteroatoms. The van der Waals surface area contributed by atoms with Gasteiger partial charge < -0.3 is 29.4 Å². The van der Waals surface area contributed by atoms with Crippen molar-refractivity contribution in [1.29, 1.82) is 0 Å². The summed E-state index contributed by atoms with van der Waals surface area (Å²) in [6, 6.07) is 9.94. The molecule has 206 valence electrons. The van der Waals surface area contributed by atoms with Crippen molar-refractivity contribution >= 4 is 39.8 Å². The van der Waals surface area contributed by atoms with Crippen LogP contribution in [0.3, 0.4) is 0 Å². The smallest absolute Gasteiger partial charge is 0.318 e. The standard InChI is InChI=1S/C29H35ClN6O3/c1-5-26(38)34-12-14-35(15-13-34)28-22-10-11-36(18-23(22)31-29(32-28)39-19(2)17-33(3)4)24-16-25(37)27(30)21-9-7-6-8-20(21)24/h5-9,16,19,37H,1,10-15,17-18H2,2-4H3. The van der Waals surface area contributed by atoms with Crippen molar-refractivity contribution in [2.24, 2.45) is 0 Å². The Bertz CT molecular complexity index is 1390. The Kier molecular flexibility index (Phi) is 7.81. The van der Waals surface area contributed by atoms with Gasteiger partial charge in [-0.05, 0) is 33.5 Å². The summed E-state index contributed by atoms with van der Waals surface area (Å²) in [6.07, 6.45) is 2.01. The maximum absolute atomic E-state index is 12.1. The minimum Gasteiger partial charge on any atom is -0.506 e. The summed E-state index contributed by atoms with van der Waals surface area (Å²) in [5, 5.41) is 12.7. The number of anilines is 2. The normalized spacial score (nSPS) is 16.4. The molecule has 2 aromatic carbocycles. The molecule has 1 amide bonds. The fourth-order valence-electron chi connectivity index (χ4n) is 5.48. The van der Waals surface area contributed by atoms with E-state index in [0.29, 0.717) is 43.8 Å². The van der Waals surface area contributed by atoms with Crippen molar-refractivity contribution < 1.29 is 14.6 Å². The number of phenols is 1. The number of amides is 1. The van der Waals surface area contributed by atoms with Gasteiger partial charge in [-0.3, -0.25) is 4.79 Å². The van der Waals surface area contributed by atoms with E-state index in [-0.39, 0.29) is 17.8 Å². The summed E-state index contributed by atoms with van der Waals surface area (Å²) < 4.78 is 6.20. The highest BCUT2D eigenvalue weighted by atomic mass is 35.5. The highest BCUT2D eigenvalue weighted by Gasteiger charge is 2.29. The number of aromatic hydroxyl groups is 1. The number of hydrogen-bond acceptors (Lipinski definition) is 8. The fourth-order valence-corrected chi connectivity index (χ4v) is 5.70. The van der Waals surface area contributed by atoms with Crippen molar-refractivity contribution in [1.82, 2.24) is 19.8 Å². The van der Waals surface area contributed by atoms with Gasteiger partial charge in [0.25, 0.3) is 0 Å². The number of halogens is 1. The Morgan fingerprint density at radius 3 is 2.56 bits per heavy atom. The number of aromatic nitrogens is 2. The monoisotopic (exact) mass is 550 g/mol. The molecule has 1 fully saturated rings. The number of ether oxygens (including phenoxy) is 1. The van der Waals surface area contributed by atoms with Crippen LogP contribution in [0.15, 0.2) is 43.0 Å². The zero-order valence-corrected chi connectivity index (χ0v) is 23.5. The first-order valence-corrected chi connectivity index (χ1v) is 13.7. The van der Waals surface area contributed by atoms with Crippen molar-refractivity contribution in [2.45, 2.75) is 26.0 Å². The predicted molar refractivity (Wildman–Crippen MR) is 155 cm³/mol. The van der Waals surface area contributed by atoms with Gasteiger partial charge in [0.1, 0.15) is 17.7 Å². The van der Waals surface area contributed by atoms with E-state index in [1.165, 1.54) is 6.08 Å². The second kappa shape index (κ2) is 11.3. The van der Waals surface area contributed by atoms with Gasteiger partial charge in [0.05, 0.1) is 17.3 Å². The van der Waals surface area contributed by atoms with Gasteiger partial charge in [0.2, 0.25) is 5.91 Å². The molecule has 1 N–H and O–H groups in total. The number of piperazine rings is 1. The van der Waals surface area contributed by atoms with E-state index in [1.807, 2.05) is 50.2 Å². The number of carbonyl (C=O) groups is 1.